The lowest BCUT2D eigenvalue weighted by atomic mass is 10.0. The Hall–Kier alpha value is -3.15. The number of ether oxygens (including phenoxy) is 1. The Morgan fingerprint density at radius 3 is 2.00 bits per heavy atom. The van der Waals surface area contributed by atoms with Crippen molar-refractivity contribution in [1.82, 2.24) is 10.6 Å². The van der Waals surface area contributed by atoms with Gasteiger partial charge in [0.05, 0.1) is 6.61 Å². The van der Waals surface area contributed by atoms with Crippen LogP contribution in [-0.2, 0) is 32.0 Å². The van der Waals surface area contributed by atoms with Gasteiger partial charge in [-0.3, -0.25) is 9.59 Å². The van der Waals surface area contributed by atoms with Gasteiger partial charge in [-0.15, -0.1) is 0 Å². The zero-order valence-corrected chi connectivity index (χ0v) is 16.9. The zero-order chi connectivity index (χ0) is 21.1. The molecule has 0 aliphatic carbocycles. The van der Waals surface area contributed by atoms with Gasteiger partial charge in [0, 0.05) is 13.3 Å². The summed E-state index contributed by atoms with van der Waals surface area (Å²) in [6.07, 6.45) is 1.36. The molecule has 2 amide bonds. The topological polar surface area (TPSA) is 84.5 Å². The molecule has 0 spiro atoms. The molecule has 2 rings (SSSR count). The van der Waals surface area contributed by atoms with E-state index in [4.69, 9.17) is 4.74 Å². The third kappa shape index (κ3) is 7.78. The van der Waals surface area contributed by atoms with Crippen LogP contribution in [0.3, 0.4) is 0 Å². The number of carbonyl (C=O) groups is 3. The Bertz CT molecular complexity index is 793. The molecule has 0 heterocycles. The molecule has 2 N–H and O–H groups in total. The van der Waals surface area contributed by atoms with Crippen LogP contribution in [0, 0.1) is 0 Å². The first kappa shape index (κ1) is 22.1. The number of aryl methyl sites for hydroxylation is 1. The van der Waals surface area contributed by atoms with E-state index >= 15 is 0 Å². The van der Waals surface area contributed by atoms with E-state index in [1.54, 1.807) is 6.92 Å². The molecule has 0 aliphatic heterocycles. The van der Waals surface area contributed by atoms with Gasteiger partial charge in [0.25, 0.3) is 0 Å². The monoisotopic (exact) mass is 396 g/mol. The maximum atomic E-state index is 12.9. The third-order valence-electron chi connectivity index (χ3n) is 4.43. The van der Waals surface area contributed by atoms with Crippen LogP contribution >= 0.6 is 0 Å². The van der Waals surface area contributed by atoms with Crippen LogP contribution in [0.4, 0.5) is 0 Å². The Morgan fingerprint density at radius 2 is 1.45 bits per heavy atom. The van der Waals surface area contributed by atoms with E-state index < -0.39 is 24.0 Å². The number of hydrogen-bond donors (Lipinski definition) is 2. The summed E-state index contributed by atoms with van der Waals surface area (Å²) in [5, 5.41) is 5.44. The maximum Gasteiger partial charge on any atom is 0.328 e. The molecule has 6 nitrogen and oxygen atoms in total. The molecular weight excluding hydrogens is 368 g/mol. The number of carbonyl (C=O) groups excluding carboxylic acids is 3. The summed E-state index contributed by atoms with van der Waals surface area (Å²) in [6, 6.07) is 17.6. The highest BCUT2D eigenvalue weighted by Crippen LogP contribution is 2.09. The molecular formula is C23H28N2O4. The van der Waals surface area contributed by atoms with Crippen LogP contribution in [0.5, 0.6) is 0 Å². The fourth-order valence-corrected chi connectivity index (χ4v) is 3.02. The number of rotatable bonds is 10. The molecule has 0 bridgehead atoms. The summed E-state index contributed by atoms with van der Waals surface area (Å²) in [5.41, 5.74) is 1.98. The van der Waals surface area contributed by atoms with Crippen LogP contribution in [-0.4, -0.2) is 36.5 Å². The summed E-state index contributed by atoms with van der Waals surface area (Å²) in [6.45, 7) is 3.32. The van der Waals surface area contributed by atoms with Crippen LogP contribution in [0.1, 0.15) is 31.4 Å². The normalized spacial score (nSPS) is 12.5. The van der Waals surface area contributed by atoms with Gasteiger partial charge in [-0.05, 0) is 30.9 Å². The van der Waals surface area contributed by atoms with E-state index in [2.05, 4.69) is 10.6 Å². The van der Waals surface area contributed by atoms with Gasteiger partial charge in [-0.1, -0.05) is 60.7 Å². The number of nitrogens with one attached hydrogen (secondary N) is 2. The second kappa shape index (κ2) is 11.6. The Kier molecular flexibility index (Phi) is 8.89. The summed E-state index contributed by atoms with van der Waals surface area (Å²) in [4.78, 5) is 36.9. The SMILES string of the molecule is CCOC(=O)[C@H](CCc1ccccc1)NC(=O)[C@@H](Cc1ccccc1)NC(C)=O. The van der Waals surface area contributed by atoms with E-state index in [1.807, 2.05) is 60.7 Å². The van der Waals surface area contributed by atoms with Gasteiger partial charge in [-0.25, -0.2) is 4.79 Å². The second-order valence-corrected chi connectivity index (χ2v) is 6.78. The molecule has 2 atom stereocenters. The van der Waals surface area contributed by atoms with Gasteiger partial charge >= 0.3 is 5.97 Å². The van der Waals surface area contributed by atoms with Gasteiger partial charge in [0.2, 0.25) is 11.8 Å². The van der Waals surface area contributed by atoms with Gasteiger partial charge in [0.15, 0.2) is 0 Å². The summed E-state index contributed by atoms with van der Waals surface area (Å²) in [7, 11) is 0. The minimum Gasteiger partial charge on any atom is -0.464 e. The summed E-state index contributed by atoms with van der Waals surface area (Å²) in [5.74, 6) is -1.19. The first-order valence-corrected chi connectivity index (χ1v) is 9.81. The van der Waals surface area contributed by atoms with Gasteiger partial charge < -0.3 is 15.4 Å². The first-order valence-electron chi connectivity index (χ1n) is 9.81. The number of esters is 1. The molecule has 154 valence electrons. The van der Waals surface area contributed by atoms with Gasteiger partial charge in [0.1, 0.15) is 12.1 Å². The predicted molar refractivity (Wildman–Crippen MR) is 111 cm³/mol. The Labute approximate surface area is 171 Å². The van der Waals surface area contributed by atoms with E-state index in [0.29, 0.717) is 19.3 Å². The molecule has 0 saturated heterocycles. The summed E-state index contributed by atoms with van der Waals surface area (Å²) < 4.78 is 5.13. The van der Waals surface area contributed by atoms with Crippen molar-refractivity contribution in [3.8, 4) is 0 Å². The average Bonchev–Trinajstić information content (AvgIpc) is 2.71. The van der Waals surface area contributed by atoms with Crippen LogP contribution < -0.4 is 10.6 Å². The first-order chi connectivity index (χ1) is 14.0. The third-order valence-corrected chi connectivity index (χ3v) is 4.43. The molecule has 2 aromatic carbocycles. The lowest BCUT2D eigenvalue weighted by Gasteiger charge is -2.22. The van der Waals surface area contributed by atoms with E-state index in [0.717, 1.165) is 11.1 Å². The van der Waals surface area contributed by atoms with Crippen molar-refractivity contribution in [2.24, 2.45) is 0 Å². The van der Waals surface area contributed by atoms with Crippen molar-refractivity contribution in [2.45, 2.75) is 45.2 Å². The molecule has 0 fully saturated rings. The highest BCUT2D eigenvalue weighted by atomic mass is 16.5. The van der Waals surface area contributed by atoms with Crippen molar-refractivity contribution in [1.29, 1.82) is 0 Å². The number of hydrogen-bond acceptors (Lipinski definition) is 4. The zero-order valence-electron chi connectivity index (χ0n) is 16.9. The highest BCUT2D eigenvalue weighted by molar-refractivity contribution is 5.90. The van der Waals surface area contributed by atoms with E-state index in [1.165, 1.54) is 6.92 Å². The van der Waals surface area contributed by atoms with Crippen molar-refractivity contribution in [2.75, 3.05) is 6.61 Å². The van der Waals surface area contributed by atoms with Crippen molar-refractivity contribution >= 4 is 17.8 Å². The average molecular weight is 396 g/mol. The molecule has 29 heavy (non-hydrogen) atoms. The molecule has 0 unspecified atom stereocenters. The van der Waals surface area contributed by atoms with Crippen LogP contribution in [0.2, 0.25) is 0 Å². The smallest absolute Gasteiger partial charge is 0.328 e. The van der Waals surface area contributed by atoms with E-state index in [-0.39, 0.29) is 12.5 Å². The molecule has 0 aromatic heterocycles. The fraction of sp³-hybridized carbons (Fsp3) is 0.348. The predicted octanol–water partition coefficient (Wildman–Crippen LogP) is 2.41. The molecule has 2 aromatic rings. The lowest BCUT2D eigenvalue weighted by Crippen LogP contribution is -2.52. The minimum atomic E-state index is -0.783. The van der Waals surface area contributed by atoms with Crippen LogP contribution in [0.25, 0.3) is 0 Å². The standard InChI is InChI=1S/C23H28N2O4/c1-3-29-23(28)20(15-14-18-10-6-4-7-11-18)25-22(27)21(24-17(2)26)16-19-12-8-5-9-13-19/h4-13,20-21H,3,14-16H2,1-2H3,(H,24,26)(H,25,27)/t20-,21+/m0/s1. The fourth-order valence-electron chi connectivity index (χ4n) is 3.02. The molecule has 0 aliphatic rings. The largest absolute Gasteiger partial charge is 0.464 e. The molecule has 0 radical (unpaired) electrons. The molecule has 0 saturated carbocycles. The quantitative estimate of drug-likeness (QED) is 0.604. The Morgan fingerprint density at radius 1 is 0.862 bits per heavy atom. The Balaban J connectivity index is 2.08. The van der Waals surface area contributed by atoms with Crippen molar-refractivity contribution in [3.05, 3.63) is 71.8 Å². The van der Waals surface area contributed by atoms with Crippen molar-refractivity contribution < 1.29 is 19.1 Å². The minimum absolute atomic E-state index is 0.232. The van der Waals surface area contributed by atoms with E-state index in [9.17, 15) is 14.4 Å². The lowest BCUT2D eigenvalue weighted by molar-refractivity contribution is -0.147. The number of amides is 2. The molecule has 6 heteroatoms. The van der Waals surface area contributed by atoms with Crippen molar-refractivity contribution in [3.63, 3.8) is 0 Å². The second-order valence-electron chi connectivity index (χ2n) is 6.78. The number of benzene rings is 2. The maximum absolute atomic E-state index is 12.9. The van der Waals surface area contributed by atoms with Gasteiger partial charge in [-0.2, -0.15) is 0 Å². The highest BCUT2D eigenvalue weighted by Gasteiger charge is 2.27. The van der Waals surface area contributed by atoms with Crippen LogP contribution in [0.15, 0.2) is 60.7 Å². The summed E-state index contributed by atoms with van der Waals surface area (Å²) >= 11 is 0.